The molecule has 0 aromatic heterocycles. The number of hydrogen-bond acceptors (Lipinski definition) is 1. The highest BCUT2D eigenvalue weighted by molar-refractivity contribution is 5.78. The van der Waals surface area contributed by atoms with Crippen molar-refractivity contribution in [2.45, 2.75) is 57.8 Å². The van der Waals surface area contributed by atoms with Crippen molar-refractivity contribution in [2.24, 2.45) is 35.0 Å². The average Bonchev–Trinajstić information content (AvgIpc) is 2.92. The molecule has 3 fully saturated rings. The first-order chi connectivity index (χ1) is 9.72. The number of carboxylic acid groups (broad SMARTS) is 1. The Labute approximate surface area is 121 Å². The quantitative estimate of drug-likeness (QED) is 0.725. The van der Waals surface area contributed by atoms with Crippen molar-refractivity contribution >= 4 is 5.97 Å². The second kappa shape index (κ2) is 4.61. The third-order valence-electron chi connectivity index (χ3n) is 7.21. The molecule has 1 unspecified atom stereocenters. The van der Waals surface area contributed by atoms with Gasteiger partial charge in [0, 0.05) is 0 Å². The molecule has 20 heavy (non-hydrogen) atoms. The number of carboxylic acids is 1. The van der Waals surface area contributed by atoms with Crippen LogP contribution in [0.15, 0.2) is 12.2 Å². The van der Waals surface area contributed by atoms with Gasteiger partial charge in [-0.25, -0.2) is 0 Å². The average molecular weight is 274 g/mol. The van der Waals surface area contributed by atoms with Crippen molar-refractivity contribution in [3.8, 4) is 0 Å². The van der Waals surface area contributed by atoms with Gasteiger partial charge in [-0.3, -0.25) is 4.79 Å². The third-order valence-corrected chi connectivity index (χ3v) is 7.21. The molecule has 0 spiro atoms. The Morgan fingerprint density at radius 2 is 1.85 bits per heavy atom. The predicted molar refractivity (Wildman–Crippen MR) is 78.2 cm³/mol. The number of rotatable bonds is 1. The molecule has 0 amide bonds. The molecule has 0 aromatic carbocycles. The van der Waals surface area contributed by atoms with Crippen molar-refractivity contribution in [3.63, 3.8) is 0 Å². The predicted octanol–water partition coefficient (Wildman–Crippen LogP) is 4.26. The largest absolute Gasteiger partial charge is 0.481 e. The van der Waals surface area contributed by atoms with E-state index in [1.165, 1.54) is 44.9 Å². The van der Waals surface area contributed by atoms with Gasteiger partial charge in [0.25, 0.3) is 0 Å². The number of fused-ring (bicyclic) bond motifs is 5. The van der Waals surface area contributed by atoms with Gasteiger partial charge in [0.05, 0.1) is 5.41 Å². The maximum atomic E-state index is 11.9. The van der Waals surface area contributed by atoms with Gasteiger partial charge in [0.2, 0.25) is 0 Å². The summed E-state index contributed by atoms with van der Waals surface area (Å²) >= 11 is 0. The van der Waals surface area contributed by atoms with Gasteiger partial charge in [-0.2, -0.15) is 0 Å². The topological polar surface area (TPSA) is 37.3 Å². The van der Waals surface area contributed by atoms with Crippen molar-refractivity contribution in [1.82, 2.24) is 0 Å². The summed E-state index contributed by atoms with van der Waals surface area (Å²) in [5, 5.41) is 9.77. The van der Waals surface area contributed by atoms with Crippen LogP contribution in [0.1, 0.15) is 57.8 Å². The summed E-state index contributed by atoms with van der Waals surface area (Å²) in [6.07, 6.45) is 15.7. The molecular weight excluding hydrogens is 248 g/mol. The Bertz CT molecular complexity index is 441. The molecule has 4 aliphatic rings. The Kier molecular flexibility index (Phi) is 2.98. The maximum Gasteiger partial charge on any atom is 0.313 e. The van der Waals surface area contributed by atoms with E-state index in [1.54, 1.807) is 0 Å². The van der Waals surface area contributed by atoms with E-state index >= 15 is 0 Å². The second-order valence-electron chi connectivity index (χ2n) is 7.74. The van der Waals surface area contributed by atoms with Crippen LogP contribution >= 0.6 is 0 Å². The van der Waals surface area contributed by atoms with Crippen molar-refractivity contribution in [3.05, 3.63) is 12.2 Å². The molecule has 0 saturated heterocycles. The van der Waals surface area contributed by atoms with Crippen LogP contribution in [0.25, 0.3) is 0 Å². The molecule has 2 nitrogen and oxygen atoms in total. The Morgan fingerprint density at radius 3 is 2.70 bits per heavy atom. The van der Waals surface area contributed by atoms with Gasteiger partial charge in [0.1, 0.15) is 0 Å². The fourth-order valence-corrected chi connectivity index (χ4v) is 6.35. The number of allylic oxidation sites excluding steroid dienone is 1. The zero-order chi connectivity index (χ0) is 13.7. The van der Waals surface area contributed by atoms with Crippen LogP contribution in [0, 0.1) is 35.0 Å². The van der Waals surface area contributed by atoms with Crippen LogP contribution in [0.3, 0.4) is 0 Å². The second-order valence-corrected chi connectivity index (χ2v) is 7.74. The van der Waals surface area contributed by atoms with E-state index in [4.69, 9.17) is 0 Å². The zero-order valence-corrected chi connectivity index (χ0v) is 12.3. The molecule has 0 radical (unpaired) electrons. The summed E-state index contributed by atoms with van der Waals surface area (Å²) in [7, 11) is 0. The van der Waals surface area contributed by atoms with Gasteiger partial charge < -0.3 is 5.11 Å². The van der Waals surface area contributed by atoms with E-state index in [-0.39, 0.29) is 0 Å². The lowest BCUT2D eigenvalue weighted by Crippen LogP contribution is -2.50. The summed E-state index contributed by atoms with van der Waals surface area (Å²) in [6.45, 7) is 0. The lowest BCUT2D eigenvalue weighted by molar-refractivity contribution is -0.156. The van der Waals surface area contributed by atoms with Gasteiger partial charge >= 0.3 is 5.97 Å². The molecule has 0 aliphatic heterocycles. The van der Waals surface area contributed by atoms with Gasteiger partial charge in [0.15, 0.2) is 0 Å². The summed E-state index contributed by atoms with van der Waals surface area (Å²) in [5.74, 6) is 3.27. The summed E-state index contributed by atoms with van der Waals surface area (Å²) in [4.78, 5) is 11.9. The smallest absolute Gasteiger partial charge is 0.313 e. The minimum atomic E-state index is -0.555. The fraction of sp³-hybridized carbons (Fsp3) is 0.833. The standard InChI is InChI=1S/C18H26O2/c19-17(20)18-10-3-6-16(18)15-8-7-12-4-1-2-5-13(12)14(15)9-11-18/h3,10,12-16H,1-2,4-9,11H2,(H,19,20)/t12?,13-,14+,15+,16-,18+/m0/s1. The Balaban J connectivity index is 1.62. The lowest BCUT2D eigenvalue weighted by atomic mass is 9.50. The number of hydrogen-bond donors (Lipinski definition) is 1. The molecule has 0 bridgehead atoms. The normalized spacial score (nSPS) is 50.1. The molecule has 0 heterocycles. The van der Waals surface area contributed by atoms with Gasteiger partial charge in [-0.1, -0.05) is 31.4 Å². The molecule has 4 aliphatic carbocycles. The van der Waals surface area contributed by atoms with Crippen LogP contribution in [0.2, 0.25) is 0 Å². The van der Waals surface area contributed by atoms with Crippen molar-refractivity contribution in [2.75, 3.05) is 0 Å². The van der Waals surface area contributed by atoms with Crippen LogP contribution in [-0.2, 0) is 4.79 Å². The highest BCUT2D eigenvalue weighted by atomic mass is 16.4. The Hall–Kier alpha value is -0.790. The fourth-order valence-electron chi connectivity index (χ4n) is 6.35. The zero-order valence-electron chi connectivity index (χ0n) is 12.3. The Morgan fingerprint density at radius 1 is 1.00 bits per heavy atom. The van der Waals surface area contributed by atoms with E-state index in [2.05, 4.69) is 6.08 Å². The highest BCUT2D eigenvalue weighted by Crippen LogP contribution is 2.60. The van der Waals surface area contributed by atoms with Crippen LogP contribution in [0.5, 0.6) is 0 Å². The van der Waals surface area contributed by atoms with Crippen LogP contribution in [0.4, 0.5) is 0 Å². The monoisotopic (exact) mass is 274 g/mol. The molecule has 2 heteroatoms. The summed E-state index contributed by atoms with van der Waals surface area (Å²) in [5.41, 5.74) is -0.497. The lowest BCUT2D eigenvalue weighted by Gasteiger charge is -2.54. The van der Waals surface area contributed by atoms with E-state index < -0.39 is 11.4 Å². The van der Waals surface area contributed by atoms with Crippen molar-refractivity contribution in [1.29, 1.82) is 0 Å². The van der Waals surface area contributed by atoms with E-state index in [1.807, 2.05) is 6.08 Å². The molecule has 1 N–H and O–H groups in total. The molecule has 3 saturated carbocycles. The summed E-state index contributed by atoms with van der Waals surface area (Å²) in [6, 6.07) is 0. The molecule has 0 aromatic rings. The minimum Gasteiger partial charge on any atom is -0.481 e. The molecular formula is C18H26O2. The summed E-state index contributed by atoms with van der Waals surface area (Å²) < 4.78 is 0. The van der Waals surface area contributed by atoms with E-state index in [9.17, 15) is 9.90 Å². The first-order valence-corrected chi connectivity index (χ1v) is 8.63. The molecule has 6 atom stereocenters. The van der Waals surface area contributed by atoms with Crippen LogP contribution < -0.4 is 0 Å². The third kappa shape index (κ3) is 1.66. The van der Waals surface area contributed by atoms with Gasteiger partial charge in [-0.05, 0) is 68.1 Å². The molecule has 4 rings (SSSR count). The minimum absolute atomic E-state index is 0.404. The maximum absolute atomic E-state index is 11.9. The van der Waals surface area contributed by atoms with E-state index in [0.717, 1.165) is 30.6 Å². The molecule has 110 valence electrons. The highest BCUT2D eigenvalue weighted by Gasteiger charge is 2.56. The van der Waals surface area contributed by atoms with Crippen LogP contribution in [-0.4, -0.2) is 11.1 Å². The first kappa shape index (κ1) is 12.9. The van der Waals surface area contributed by atoms with Gasteiger partial charge in [-0.15, -0.1) is 0 Å². The number of aliphatic carboxylic acids is 1. The number of carbonyl (C=O) groups is 1. The first-order valence-electron chi connectivity index (χ1n) is 8.63. The SMILES string of the molecule is O=C(O)[C@@]12C=CC[C@H]1[C@@H]1CCC3CCCC[C@@H]3[C@H]1CC2. The van der Waals surface area contributed by atoms with E-state index in [0.29, 0.717) is 11.8 Å². The van der Waals surface area contributed by atoms with Crippen molar-refractivity contribution < 1.29 is 9.90 Å².